The number of carbonyl (C=O) groups is 2. The molecule has 5 nitrogen and oxygen atoms in total. The van der Waals surface area contributed by atoms with E-state index in [1.54, 1.807) is 41.5 Å². The first-order valence-corrected chi connectivity index (χ1v) is 13.2. The molecule has 38 heavy (non-hydrogen) atoms. The Hall–Kier alpha value is -3.51. The molecule has 0 saturated carbocycles. The van der Waals surface area contributed by atoms with Crippen LogP contribution in [0, 0.1) is 0 Å². The molecule has 2 atom stereocenters. The van der Waals surface area contributed by atoms with E-state index in [0.29, 0.717) is 33.3 Å². The fourth-order valence-corrected chi connectivity index (χ4v) is 5.69. The number of amides is 1. The summed E-state index contributed by atoms with van der Waals surface area (Å²) in [5.74, 6) is 0.280. The number of ketones is 1. The van der Waals surface area contributed by atoms with E-state index in [9.17, 15) is 9.59 Å². The first kappa shape index (κ1) is 24.8. The van der Waals surface area contributed by atoms with Gasteiger partial charge in [0.15, 0.2) is 5.78 Å². The van der Waals surface area contributed by atoms with Gasteiger partial charge in [-0.15, -0.1) is 0 Å². The molecule has 0 bridgehead atoms. The predicted octanol–water partition coefficient (Wildman–Crippen LogP) is 8.45. The first-order valence-electron chi connectivity index (χ1n) is 12.1. The lowest BCUT2D eigenvalue weighted by atomic mass is 9.80. The minimum atomic E-state index is -0.703. The zero-order valence-electron chi connectivity index (χ0n) is 20.0. The average molecular weight is 564 g/mol. The Bertz CT molecular complexity index is 1580. The molecule has 0 unspecified atom stereocenters. The Balaban J connectivity index is 1.57. The van der Waals surface area contributed by atoms with Gasteiger partial charge in [0.1, 0.15) is 5.76 Å². The van der Waals surface area contributed by atoms with Crippen molar-refractivity contribution in [2.75, 3.05) is 10.2 Å². The summed E-state index contributed by atoms with van der Waals surface area (Å²) < 4.78 is 5.66. The number of hydrogen-bond acceptors (Lipinski definition) is 4. The van der Waals surface area contributed by atoms with Gasteiger partial charge >= 0.3 is 0 Å². The van der Waals surface area contributed by atoms with Crippen LogP contribution in [0.5, 0.6) is 0 Å². The Labute approximate surface area is 234 Å². The van der Waals surface area contributed by atoms with E-state index in [0.717, 1.165) is 22.7 Å². The van der Waals surface area contributed by atoms with Gasteiger partial charge in [-0.2, -0.15) is 0 Å². The number of allylic oxidation sites excluding steroid dienone is 1. The molecule has 0 fully saturated rings. The Kier molecular flexibility index (Phi) is 6.52. The van der Waals surface area contributed by atoms with Crippen LogP contribution < -0.4 is 10.2 Å². The third kappa shape index (κ3) is 4.41. The van der Waals surface area contributed by atoms with Crippen molar-refractivity contribution < 1.29 is 14.0 Å². The van der Waals surface area contributed by atoms with E-state index in [-0.39, 0.29) is 29.1 Å². The van der Waals surface area contributed by atoms with Crippen LogP contribution in [-0.2, 0) is 4.79 Å². The molecular weight excluding hydrogens is 543 g/mol. The van der Waals surface area contributed by atoms with Crippen molar-refractivity contribution in [1.82, 2.24) is 0 Å². The zero-order valence-corrected chi connectivity index (χ0v) is 22.2. The molecule has 2 aliphatic rings. The van der Waals surface area contributed by atoms with Gasteiger partial charge in [-0.1, -0.05) is 59.1 Å². The van der Waals surface area contributed by atoms with Crippen molar-refractivity contribution in [2.45, 2.75) is 24.8 Å². The summed E-state index contributed by atoms with van der Waals surface area (Å²) >= 11 is 18.7. The third-order valence-corrected chi connectivity index (χ3v) is 8.00. The van der Waals surface area contributed by atoms with Gasteiger partial charge < -0.3 is 9.73 Å². The Morgan fingerprint density at radius 3 is 2.42 bits per heavy atom. The highest BCUT2D eigenvalue weighted by Gasteiger charge is 2.42. The Morgan fingerprint density at radius 2 is 1.68 bits per heavy atom. The van der Waals surface area contributed by atoms with Crippen LogP contribution in [0.1, 0.15) is 46.5 Å². The van der Waals surface area contributed by atoms with Crippen LogP contribution in [0.25, 0.3) is 0 Å². The number of benzene rings is 3. The summed E-state index contributed by atoms with van der Waals surface area (Å²) in [6, 6.07) is 22.6. The summed E-state index contributed by atoms with van der Waals surface area (Å²) in [7, 11) is 0. The number of anilines is 2. The van der Waals surface area contributed by atoms with Crippen molar-refractivity contribution in [1.29, 1.82) is 0 Å². The maximum absolute atomic E-state index is 14.3. The first-order chi connectivity index (χ1) is 18.4. The van der Waals surface area contributed by atoms with Gasteiger partial charge in [0.2, 0.25) is 0 Å². The van der Waals surface area contributed by atoms with Gasteiger partial charge in [-0.05, 0) is 66.6 Å². The summed E-state index contributed by atoms with van der Waals surface area (Å²) in [6.07, 6.45) is 2.44. The lowest BCUT2D eigenvalue weighted by Gasteiger charge is -2.35. The highest BCUT2D eigenvalue weighted by atomic mass is 35.5. The van der Waals surface area contributed by atoms with E-state index < -0.39 is 6.04 Å². The SMILES string of the molecule is O=C1C[C@@H](c2ccco2)CC2=C1[C@H](c1ccc(Cl)cc1)N(C(=O)c1ccc(Cl)c(Cl)c1)c1ccccc1N2. The zero-order chi connectivity index (χ0) is 26.4. The van der Waals surface area contributed by atoms with E-state index in [1.807, 2.05) is 48.5 Å². The number of fused-ring (bicyclic) bond motifs is 1. The quantitative estimate of drug-likeness (QED) is 0.272. The largest absolute Gasteiger partial charge is 0.469 e. The van der Waals surface area contributed by atoms with Gasteiger partial charge in [-0.3, -0.25) is 14.5 Å². The van der Waals surface area contributed by atoms with E-state index >= 15 is 0 Å². The van der Waals surface area contributed by atoms with Crippen LogP contribution in [0.15, 0.2) is 101 Å². The summed E-state index contributed by atoms with van der Waals surface area (Å²) in [6.45, 7) is 0. The van der Waals surface area contributed by atoms with E-state index in [2.05, 4.69) is 5.32 Å². The van der Waals surface area contributed by atoms with Crippen molar-refractivity contribution in [2.24, 2.45) is 0 Å². The molecule has 0 spiro atoms. The second-order valence-electron chi connectivity index (χ2n) is 9.34. The van der Waals surface area contributed by atoms with Crippen LogP contribution in [0.3, 0.4) is 0 Å². The van der Waals surface area contributed by atoms with Gasteiger partial charge in [0.05, 0.1) is 33.7 Å². The number of nitrogens with one attached hydrogen (secondary N) is 1. The fourth-order valence-electron chi connectivity index (χ4n) is 5.27. The number of halogens is 3. The molecular formula is C30H21Cl3N2O3. The fraction of sp³-hybridized carbons (Fsp3) is 0.133. The normalized spacial score (nSPS) is 18.9. The smallest absolute Gasteiger partial charge is 0.259 e. The third-order valence-electron chi connectivity index (χ3n) is 7.01. The number of para-hydroxylation sites is 2. The standard InChI is InChI=1S/C30H21Cl3N2O3/c31-20-10-7-17(8-11-20)29-28-24(15-19(16-26(28)36)27-6-3-13-38-27)34-23-4-1-2-5-25(23)35(29)30(37)18-9-12-21(32)22(33)14-18/h1-14,19,29,34H,15-16H2/t19-,29-/m0/s1. The predicted molar refractivity (Wildman–Crippen MR) is 150 cm³/mol. The number of nitrogens with zero attached hydrogens (tertiary/aromatic N) is 1. The highest BCUT2D eigenvalue weighted by molar-refractivity contribution is 6.42. The molecule has 1 amide bonds. The van der Waals surface area contributed by atoms with Crippen LogP contribution in [0.4, 0.5) is 11.4 Å². The van der Waals surface area contributed by atoms with Gasteiger partial charge in [-0.25, -0.2) is 0 Å². The number of rotatable bonds is 3. The average Bonchev–Trinajstić information content (AvgIpc) is 3.41. The van der Waals surface area contributed by atoms with Crippen molar-refractivity contribution in [3.8, 4) is 0 Å². The number of furan rings is 1. The number of Topliss-reactive ketones (excluding diaryl/α,β-unsaturated/α-hetero) is 1. The van der Waals surface area contributed by atoms with Crippen molar-refractivity contribution in [3.63, 3.8) is 0 Å². The summed E-state index contributed by atoms with van der Waals surface area (Å²) in [5.41, 5.74) is 3.78. The highest BCUT2D eigenvalue weighted by Crippen LogP contribution is 2.48. The maximum atomic E-state index is 14.3. The Morgan fingerprint density at radius 1 is 0.895 bits per heavy atom. The van der Waals surface area contributed by atoms with Crippen molar-refractivity contribution >= 4 is 57.9 Å². The van der Waals surface area contributed by atoms with Gasteiger partial charge in [0, 0.05) is 34.2 Å². The minimum absolute atomic E-state index is 0.0557. The topological polar surface area (TPSA) is 62.6 Å². The molecule has 3 aromatic carbocycles. The molecule has 1 N–H and O–H groups in total. The number of hydrogen-bond donors (Lipinski definition) is 1. The summed E-state index contributed by atoms with van der Waals surface area (Å²) in [4.78, 5) is 29.9. The molecule has 8 heteroatoms. The second kappa shape index (κ2) is 9.99. The lowest BCUT2D eigenvalue weighted by Crippen LogP contribution is -2.38. The molecule has 2 heterocycles. The summed E-state index contributed by atoms with van der Waals surface area (Å²) in [5, 5.41) is 4.69. The maximum Gasteiger partial charge on any atom is 0.259 e. The van der Waals surface area contributed by atoms with E-state index in [1.165, 1.54) is 0 Å². The number of carbonyl (C=O) groups excluding carboxylic acids is 2. The van der Waals surface area contributed by atoms with Crippen LogP contribution in [0.2, 0.25) is 15.1 Å². The molecule has 0 saturated heterocycles. The molecule has 190 valence electrons. The molecule has 1 aromatic heterocycles. The minimum Gasteiger partial charge on any atom is -0.469 e. The molecule has 0 radical (unpaired) electrons. The van der Waals surface area contributed by atoms with Crippen molar-refractivity contribution in [3.05, 3.63) is 128 Å². The second-order valence-corrected chi connectivity index (χ2v) is 10.6. The van der Waals surface area contributed by atoms with E-state index in [4.69, 9.17) is 39.2 Å². The van der Waals surface area contributed by atoms with Crippen LogP contribution >= 0.6 is 34.8 Å². The molecule has 1 aliphatic carbocycles. The van der Waals surface area contributed by atoms with Crippen LogP contribution in [-0.4, -0.2) is 11.7 Å². The molecule has 4 aromatic rings. The molecule has 1 aliphatic heterocycles. The monoisotopic (exact) mass is 562 g/mol. The van der Waals surface area contributed by atoms with Gasteiger partial charge in [0.25, 0.3) is 5.91 Å². The molecule has 6 rings (SSSR count). The lowest BCUT2D eigenvalue weighted by molar-refractivity contribution is -0.116.